The molecule has 1 aromatic carbocycles. The molecule has 0 radical (unpaired) electrons. The van der Waals surface area contributed by atoms with Crippen LogP contribution in [0.2, 0.25) is 0 Å². The number of aromatic nitrogens is 2. The summed E-state index contributed by atoms with van der Waals surface area (Å²) in [5.41, 5.74) is 0.701. The van der Waals surface area contributed by atoms with Gasteiger partial charge in [0, 0.05) is 11.5 Å². The minimum Gasteiger partial charge on any atom is -0.497 e. The number of carbonyl (C=O) groups is 1. The van der Waals surface area contributed by atoms with E-state index < -0.39 is 5.97 Å². The molecular formula is C11H11N3O3. The molecule has 1 aromatic heterocycles. The number of hydrogen-bond donors (Lipinski definition) is 2. The molecule has 0 amide bonds. The molecule has 0 aliphatic carbocycles. The highest BCUT2D eigenvalue weighted by molar-refractivity contribution is 5.90. The summed E-state index contributed by atoms with van der Waals surface area (Å²) < 4.78 is 5.09. The Bertz CT molecular complexity index is 557. The second-order valence-electron chi connectivity index (χ2n) is 3.35. The van der Waals surface area contributed by atoms with Crippen LogP contribution in [0.5, 0.6) is 5.75 Å². The normalized spacial score (nSPS) is 10.2. The van der Waals surface area contributed by atoms with E-state index in [2.05, 4.69) is 15.3 Å². The standard InChI is InChI=1S/C11H11N3O3/c1-17-7-2-3-8-9(4-7)13-6-14-11(8)12-5-10(15)16/h2-4,6H,5H2,1H3,(H,15,16)(H,12,13,14). The van der Waals surface area contributed by atoms with Crippen molar-refractivity contribution in [3.05, 3.63) is 24.5 Å². The maximum atomic E-state index is 10.5. The summed E-state index contributed by atoms with van der Waals surface area (Å²) in [5.74, 6) is 0.255. The molecule has 17 heavy (non-hydrogen) atoms. The van der Waals surface area contributed by atoms with Gasteiger partial charge in [0.15, 0.2) is 0 Å². The molecule has 0 aliphatic rings. The van der Waals surface area contributed by atoms with Crippen LogP contribution in [0.3, 0.4) is 0 Å². The van der Waals surface area contributed by atoms with Crippen LogP contribution in [0.25, 0.3) is 10.9 Å². The molecule has 0 saturated carbocycles. The van der Waals surface area contributed by atoms with E-state index in [1.807, 2.05) is 0 Å². The molecule has 88 valence electrons. The number of aliphatic carboxylic acids is 1. The zero-order valence-electron chi connectivity index (χ0n) is 9.17. The molecule has 6 nitrogen and oxygen atoms in total. The van der Waals surface area contributed by atoms with E-state index in [0.29, 0.717) is 17.1 Å². The fraction of sp³-hybridized carbons (Fsp3) is 0.182. The number of benzene rings is 1. The molecule has 1 heterocycles. The molecule has 2 rings (SSSR count). The van der Waals surface area contributed by atoms with Gasteiger partial charge < -0.3 is 15.2 Å². The number of methoxy groups -OCH3 is 1. The van der Waals surface area contributed by atoms with Crippen molar-refractivity contribution in [1.82, 2.24) is 9.97 Å². The zero-order valence-corrected chi connectivity index (χ0v) is 9.17. The highest BCUT2D eigenvalue weighted by atomic mass is 16.5. The van der Waals surface area contributed by atoms with Gasteiger partial charge in [0.1, 0.15) is 24.4 Å². The van der Waals surface area contributed by atoms with Crippen LogP contribution in [0.15, 0.2) is 24.5 Å². The summed E-state index contributed by atoms with van der Waals surface area (Å²) in [7, 11) is 1.58. The Kier molecular flexibility index (Phi) is 3.04. The second kappa shape index (κ2) is 4.65. The van der Waals surface area contributed by atoms with Gasteiger partial charge in [-0.2, -0.15) is 0 Å². The molecular weight excluding hydrogens is 222 g/mol. The first kappa shape index (κ1) is 11.1. The smallest absolute Gasteiger partial charge is 0.322 e. The fourth-order valence-electron chi connectivity index (χ4n) is 1.46. The fourth-order valence-corrected chi connectivity index (χ4v) is 1.46. The summed E-state index contributed by atoms with van der Waals surface area (Å²) in [6.07, 6.45) is 1.38. The third-order valence-corrected chi connectivity index (χ3v) is 2.25. The summed E-state index contributed by atoms with van der Waals surface area (Å²) in [6.45, 7) is -0.182. The van der Waals surface area contributed by atoms with E-state index in [4.69, 9.17) is 9.84 Å². The van der Waals surface area contributed by atoms with Crippen molar-refractivity contribution in [3.8, 4) is 5.75 Å². The van der Waals surface area contributed by atoms with Gasteiger partial charge in [0.05, 0.1) is 12.6 Å². The predicted octanol–water partition coefficient (Wildman–Crippen LogP) is 1.13. The second-order valence-corrected chi connectivity index (χ2v) is 3.35. The Hall–Kier alpha value is -2.37. The quantitative estimate of drug-likeness (QED) is 0.823. The molecule has 2 aromatic rings. The molecule has 0 aliphatic heterocycles. The SMILES string of the molecule is COc1ccc2c(NCC(=O)O)ncnc2c1. The zero-order chi connectivity index (χ0) is 12.3. The summed E-state index contributed by atoms with van der Waals surface area (Å²) in [6, 6.07) is 5.33. The van der Waals surface area contributed by atoms with Crippen molar-refractivity contribution < 1.29 is 14.6 Å². The first-order valence-electron chi connectivity index (χ1n) is 4.95. The molecule has 6 heteroatoms. The van der Waals surface area contributed by atoms with E-state index >= 15 is 0 Å². The van der Waals surface area contributed by atoms with Crippen LogP contribution in [0.1, 0.15) is 0 Å². The van der Waals surface area contributed by atoms with Crippen LogP contribution in [0, 0.1) is 0 Å². The highest BCUT2D eigenvalue weighted by Gasteiger charge is 2.05. The summed E-state index contributed by atoms with van der Waals surface area (Å²) in [5, 5.41) is 12.1. The van der Waals surface area contributed by atoms with Crippen molar-refractivity contribution in [2.75, 3.05) is 19.0 Å². The maximum Gasteiger partial charge on any atom is 0.322 e. The Balaban J connectivity index is 2.39. The van der Waals surface area contributed by atoms with Crippen molar-refractivity contribution in [2.45, 2.75) is 0 Å². The summed E-state index contributed by atoms with van der Waals surface area (Å²) >= 11 is 0. The topological polar surface area (TPSA) is 84.3 Å². The van der Waals surface area contributed by atoms with Gasteiger partial charge >= 0.3 is 5.97 Å². The number of fused-ring (bicyclic) bond motifs is 1. The molecule has 0 saturated heterocycles. The van der Waals surface area contributed by atoms with Crippen LogP contribution >= 0.6 is 0 Å². The average Bonchev–Trinajstić information content (AvgIpc) is 2.35. The minimum atomic E-state index is -0.940. The van der Waals surface area contributed by atoms with Gasteiger partial charge in [-0.3, -0.25) is 4.79 Å². The number of carboxylic acids is 1. The number of anilines is 1. The lowest BCUT2D eigenvalue weighted by Crippen LogP contribution is -2.13. The Labute approximate surface area is 97.3 Å². The van der Waals surface area contributed by atoms with Crippen molar-refractivity contribution >= 4 is 22.7 Å². The van der Waals surface area contributed by atoms with Crippen molar-refractivity contribution in [2.24, 2.45) is 0 Å². The predicted molar refractivity (Wildman–Crippen MR) is 62.2 cm³/mol. The van der Waals surface area contributed by atoms with Gasteiger partial charge in [0.2, 0.25) is 0 Å². The van der Waals surface area contributed by atoms with E-state index in [9.17, 15) is 4.79 Å². The summed E-state index contributed by atoms with van der Waals surface area (Å²) in [4.78, 5) is 18.6. The third kappa shape index (κ3) is 2.41. The Morgan fingerprint density at radius 3 is 3.00 bits per heavy atom. The number of carboxylic acid groups (broad SMARTS) is 1. The first-order valence-corrected chi connectivity index (χ1v) is 4.95. The number of ether oxygens (including phenoxy) is 1. The van der Waals surface area contributed by atoms with Gasteiger partial charge in [-0.1, -0.05) is 0 Å². The largest absolute Gasteiger partial charge is 0.497 e. The van der Waals surface area contributed by atoms with Crippen LogP contribution in [-0.4, -0.2) is 34.7 Å². The molecule has 0 atom stereocenters. The lowest BCUT2D eigenvalue weighted by molar-refractivity contribution is -0.134. The number of rotatable bonds is 4. The molecule has 0 unspecified atom stereocenters. The monoisotopic (exact) mass is 233 g/mol. The number of nitrogens with one attached hydrogen (secondary N) is 1. The Morgan fingerprint density at radius 1 is 1.47 bits per heavy atom. The maximum absolute atomic E-state index is 10.5. The van der Waals surface area contributed by atoms with E-state index in [0.717, 1.165) is 5.39 Å². The van der Waals surface area contributed by atoms with Crippen molar-refractivity contribution in [3.63, 3.8) is 0 Å². The molecule has 2 N–H and O–H groups in total. The minimum absolute atomic E-state index is 0.182. The van der Waals surface area contributed by atoms with E-state index in [-0.39, 0.29) is 6.54 Å². The van der Waals surface area contributed by atoms with E-state index in [1.54, 1.807) is 25.3 Å². The van der Waals surface area contributed by atoms with Crippen LogP contribution in [-0.2, 0) is 4.79 Å². The van der Waals surface area contributed by atoms with Gasteiger partial charge in [-0.15, -0.1) is 0 Å². The highest BCUT2D eigenvalue weighted by Crippen LogP contribution is 2.23. The van der Waals surface area contributed by atoms with Crippen LogP contribution < -0.4 is 10.1 Å². The first-order chi connectivity index (χ1) is 8.20. The lowest BCUT2D eigenvalue weighted by Gasteiger charge is -2.07. The molecule has 0 fully saturated rings. The number of hydrogen-bond acceptors (Lipinski definition) is 5. The van der Waals surface area contributed by atoms with Gasteiger partial charge in [0.25, 0.3) is 0 Å². The average molecular weight is 233 g/mol. The molecule has 0 bridgehead atoms. The third-order valence-electron chi connectivity index (χ3n) is 2.25. The van der Waals surface area contributed by atoms with E-state index in [1.165, 1.54) is 6.33 Å². The number of nitrogens with zero attached hydrogens (tertiary/aromatic N) is 2. The van der Waals surface area contributed by atoms with Gasteiger partial charge in [-0.05, 0) is 12.1 Å². The van der Waals surface area contributed by atoms with Crippen LogP contribution in [0.4, 0.5) is 5.82 Å². The Morgan fingerprint density at radius 2 is 2.29 bits per heavy atom. The van der Waals surface area contributed by atoms with Gasteiger partial charge in [-0.25, -0.2) is 9.97 Å². The lowest BCUT2D eigenvalue weighted by atomic mass is 10.2. The molecule has 0 spiro atoms. The van der Waals surface area contributed by atoms with Crippen molar-refractivity contribution in [1.29, 1.82) is 0 Å².